The van der Waals surface area contributed by atoms with Crippen LogP contribution in [0.15, 0.2) is 171 Å². The third-order valence-electron chi connectivity index (χ3n) is 22.1. The van der Waals surface area contributed by atoms with Crippen LogP contribution in [0.4, 0.5) is 69.8 Å². The van der Waals surface area contributed by atoms with Crippen LogP contribution >= 0.6 is 0 Å². The van der Waals surface area contributed by atoms with Gasteiger partial charge < -0.3 is 40.9 Å². The molecule has 0 bridgehead atoms. The number of aryl methyl sites for hydroxylation is 4. The largest absolute Gasteiger partial charge is 0.349 e. The van der Waals surface area contributed by atoms with Crippen molar-refractivity contribution in [3.8, 4) is 0 Å². The number of nitrogens with one attached hydrogen (secondary N) is 8. The summed E-state index contributed by atoms with van der Waals surface area (Å²) in [6, 6.07) is 53.3. The van der Waals surface area contributed by atoms with Crippen LogP contribution in [0.2, 0.25) is 0 Å². The van der Waals surface area contributed by atoms with Gasteiger partial charge in [0.05, 0.1) is 24.2 Å². The van der Waals surface area contributed by atoms with Gasteiger partial charge in [-0.2, -0.15) is 20.4 Å². The predicted octanol–water partition coefficient (Wildman–Crippen LogP) is 17.9. The first-order valence-corrected chi connectivity index (χ1v) is 38.9. The van der Waals surface area contributed by atoms with Gasteiger partial charge in [-0.15, -0.1) is 0 Å². The van der Waals surface area contributed by atoms with Gasteiger partial charge in [-0.1, -0.05) is 119 Å². The maximum atomic E-state index is 4.55. The van der Waals surface area contributed by atoms with Crippen molar-refractivity contribution >= 4 is 69.8 Å². The molecule has 4 unspecified atom stereocenters. The molecule has 108 heavy (non-hydrogen) atoms. The third kappa shape index (κ3) is 17.0. The molecule has 24 nitrogen and oxygen atoms in total. The van der Waals surface area contributed by atoms with Gasteiger partial charge in [-0.3, -0.25) is 20.4 Å². The Morgan fingerprint density at radius 3 is 0.796 bits per heavy atom. The van der Waals surface area contributed by atoms with Crippen molar-refractivity contribution in [2.45, 2.75) is 178 Å². The first kappa shape index (κ1) is 69.5. The second kappa shape index (κ2) is 31.5. The van der Waals surface area contributed by atoms with E-state index < -0.39 is 0 Å². The SMILES string of the molecule is Cc1ccc(C2CCCN2c2cc(Nc3cc(C4CC4)[nH]n3)ncn2)cc1.Cc1ccc(C2CCCN2c2cc(Nc3cc(C4CC4)[nH]n3)ncn2)cc1.Cc1cccc(C2CCCN2c2cc(Nc3cc(C4CC4)[nH]n3)ncn2)c1.Cc1cccc(C2CCCN2c2cc(Nc3cc(C4CC4)[nH]n3)ncn2)c1. The molecule has 0 amide bonds. The third-order valence-corrected chi connectivity index (χ3v) is 22.1. The number of H-pyrrole nitrogens is 4. The fourth-order valence-electron chi connectivity index (χ4n) is 15.7. The second-order valence-corrected chi connectivity index (χ2v) is 30.5. The number of rotatable bonds is 20. The highest BCUT2D eigenvalue weighted by molar-refractivity contribution is 5.62. The molecule has 0 spiro atoms. The summed E-state index contributed by atoms with van der Waals surface area (Å²) in [5.41, 5.74) is 15.5. The summed E-state index contributed by atoms with van der Waals surface area (Å²) in [6.45, 7) is 12.6. The van der Waals surface area contributed by atoms with Crippen molar-refractivity contribution in [2.75, 3.05) is 67.0 Å². The smallest absolute Gasteiger partial charge is 0.153 e. The monoisotopic (exact) mass is 1440 g/mol. The highest BCUT2D eigenvalue weighted by atomic mass is 15.3. The fraction of sp³-hybridized carbons (Fsp3) is 0.381. The van der Waals surface area contributed by atoms with Crippen LogP contribution in [0.5, 0.6) is 0 Å². The molecule has 0 radical (unpaired) electrons. The summed E-state index contributed by atoms with van der Waals surface area (Å²) in [7, 11) is 0. The van der Waals surface area contributed by atoms with Gasteiger partial charge in [-0.05, 0) is 153 Å². The Balaban J connectivity index is 0.000000105. The molecule has 12 heterocycles. The zero-order valence-corrected chi connectivity index (χ0v) is 62.1. The molecule has 4 aliphatic heterocycles. The Morgan fingerprint density at radius 1 is 0.269 bits per heavy atom. The molecule has 20 rings (SSSR count). The molecule has 24 heteroatoms. The molecule has 8 N–H and O–H groups in total. The van der Waals surface area contributed by atoms with E-state index in [1.54, 1.807) is 25.3 Å². The van der Waals surface area contributed by atoms with Crippen LogP contribution in [-0.2, 0) is 0 Å². The number of benzene rings is 4. The van der Waals surface area contributed by atoms with Gasteiger partial charge in [0, 0.05) is 121 Å². The number of aromatic nitrogens is 16. The Labute approximate surface area is 630 Å². The summed E-state index contributed by atoms with van der Waals surface area (Å²) in [5.74, 6) is 12.9. The maximum Gasteiger partial charge on any atom is 0.153 e. The van der Waals surface area contributed by atoms with E-state index in [1.165, 1.54) is 144 Å². The van der Waals surface area contributed by atoms with Crippen LogP contribution in [0.25, 0.3) is 0 Å². The summed E-state index contributed by atoms with van der Waals surface area (Å²) >= 11 is 0. The molecule has 4 saturated carbocycles. The van der Waals surface area contributed by atoms with E-state index in [2.05, 4.69) is 271 Å². The van der Waals surface area contributed by atoms with Gasteiger partial charge in [0.15, 0.2) is 23.3 Å². The van der Waals surface area contributed by atoms with E-state index in [9.17, 15) is 0 Å². The molecule has 8 aromatic heterocycles. The highest BCUT2D eigenvalue weighted by Crippen LogP contribution is 2.45. The lowest BCUT2D eigenvalue weighted by molar-refractivity contribution is 0.710. The molecule has 8 fully saturated rings. The number of aromatic amines is 4. The molecular formula is C84H96N24. The van der Waals surface area contributed by atoms with Crippen molar-refractivity contribution in [2.24, 2.45) is 0 Å². The lowest BCUT2D eigenvalue weighted by atomic mass is 10.0. The minimum atomic E-state index is 0.375. The fourth-order valence-corrected chi connectivity index (χ4v) is 15.7. The summed E-state index contributed by atoms with van der Waals surface area (Å²) in [6.07, 6.45) is 25.9. The zero-order chi connectivity index (χ0) is 72.9. The summed E-state index contributed by atoms with van der Waals surface area (Å²) < 4.78 is 0. The molecule has 4 atom stereocenters. The van der Waals surface area contributed by atoms with Gasteiger partial charge in [0.1, 0.15) is 71.9 Å². The molecule has 12 aromatic rings. The topological polar surface area (TPSA) is 279 Å². The number of hydrogen-bond acceptors (Lipinski definition) is 20. The minimum absolute atomic E-state index is 0.375. The van der Waals surface area contributed by atoms with Crippen molar-refractivity contribution in [1.29, 1.82) is 0 Å². The molecule has 4 aliphatic carbocycles. The highest BCUT2D eigenvalue weighted by Gasteiger charge is 2.34. The normalized spacial score (nSPS) is 19.4. The first-order valence-electron chi connectivity index (χ1n) is 38.9. The van der Waals surface area contributed by atoms with Crippen molar-refractivity contribution in [3.05, 3.63) is 238 Å². The second-order valence-electron chi connectivity index (χ2n) is 30.5. The average molecular weight is 1440 g/mol. The van der Waals surface area contributed by atoms with Gasteiger partial charge in [0.2, 0.25) is 0 Å². The van der Waals surface area contributed by atoms with Crippen LogP contribution in [0.1, 0.15) is 218 Å². The minimum Gasteiger partial charge on any atom is -0.349 e. The number of hydrogen-bond donors (Lipinski definition) is 8. The van der Waals surface area contributed by atoms with Gasteiger partial charge >= 0.3 is 0 Å². The number of nitrogens with zero attached hydrogens (tertiary/aromatic N) is 16. The van der Waals surface area contributed by atoms with E-state index in [0.717, 1.165) is 122 Å². The van der Waals surface area contributed by atoms with Crippen molar-refractivity contribution < 1.29 is 0 Å². The van der Waals surface area contributed by atoms with Gasteiger partial charge in [0.25, 0.3) is 0 Å². The number of anilines is 12. The standard InChI is InChI=1S/4C21H24N6/c2*1-14-4-2-5-16(10-14)18-6-3-9-27(18)21-12-19(22-13-23-21)24-20-11-17(25-26-20)15-7-8-15;2*1-14-4-6-16(7-5-14)18-3-2-10-27(18)21-12-19(22-13-23-21)24-20-11-17(25-26-20)15-8-9-15/h2*2,4-5,10-13,15,18H,3,6-9H2,1H3,(H2,22,23,24,25,26);2*4-7,11-13,15,18H,2-3,8-10H2,1H3,(H2,22,23,24,25,26). The molecule has 8 aliphatic rings. The lowest BCUT2D eigenvalue weighted by Crippen LogP contribution is -2.23. The molecular weight excluding hydrogens is 1350 g/mol. The Bertz CT molecular complexity index is 4680. The predicted molar refractivity (Wildman–Crippen MR) is 426 cm³/mol. The Kier molecular flexibility index (Phi) is 20.3. The van der Waals surface area contributed by atoms with Crippen LogP contribution in [-0.4, -0.2) is 107 Å². The van der Waals surface area contributed by atoms with E-state index in [1.807, 2.05) is 24.3 Å². The van der Waals surface area contributed by atoms with Gasteiger partial charge in [-0.25, -0.2) is 39.9 Å². The quantitative estimate of drug-likeness (QED) is 0.0352. The molecule has 4 aromatic carbocycles. The average Bonchev–Trinajstić information content (AvgIpc) is 1.55. The Hall–Kier alpha value is -11.6. The summed E-state index contributed by atoms with van der Waals surface area (Å²) in [4.78, 5) is 45.3. The van der Waals surface area contributed by atoms with E-state index >= 15 is 0 Å². The van der Waals surface area contributed by atoms with Crippen molar-refractivity contribution in [1.82, 2.24) is 80.7 Å². The zero-order valence-electron chi connectivity index (χ0n) is 62.1. The van der Waals surface area contributed by atoms with E-state index in [-0.39, 0.29) is 0 Å². The lowest BCUT2D eigenvalue weighted by Gasteiger charge is -2.26. The van der Waals surface area contributed by atoms with Crippen molar-refractivity contribution in [3.63, 3.8) is 0 Å². The molecule has 552 valence electrons. The summed E-state index contributed by atoms with van der Waals surface area (Å²) in [5, 5.41) is 43.2. The van der Waals surface area contributed by atoms with Crippen LogP contribution in [0, 0.1) is 27.7 Å². The first-order chi connectivity index (χ1) is 53.0. The van der Waals surface area contributed by atoms with E-state index in [0.29, 0.717) is 47.8 Å². The van der Waals surface area contributed by atoms with Crippen LogP contribution in [0.3, 0.4) is 0 Å². The Morgan fingerprint density at radius 2 is 0.537 bits per heavy atom. The molecule has 4 saturated heterocycles. The van der Waals surface area contributed by atoms with Crippen LogP contribution < -0.4 is 40.9 Å². The van der Waals surface area contributed by atoms with E-state index in [4.69, 9.17) is 0 Å². The maximum absolute atomic E-state index is 4.55.